The molecule has 3 N–H and O–H groups in total. The van der Waals surface area contributed by atoms with E-state index in [-0.39, 0.29) is 11.7 Å². The molecule has 0 aliphatic heterocycles. The molecule has 0 amide bonds. The van der Waals surface area contributed by atoms with Crippen molar-refractivity contribution in [2.24, 2.45) is 0 Å². The molecule has 0 bridgehead atoms. The zero-order valence-electron chi connectivity index (χ0n) is 8.90. The fraction of sp³-hybridized carbons (Fsp3) is 0.778. The molecule has 0 aliphatic rings. The van der Waals surface area contributed by atoms with Crippen molar-refractivity contribution in [2.45, 2.75) is 30.3 Å². The fourth-order valence-electron chi connectivity index (χ4n) is 1.05. The minimum atomic E-state index is -1.07. The smallest absolute Gasteiger partial charge is 0.317 e. The Morgan fingerprint density at radius 1 is 1.40 bits per heavy atom. The Labute approximate surface area is 93.2 Å². The molecule has 0 aromatic heterocycles. The molecular formula is C9H17NO4S. The molecule has 0 radical (unpaired) electrons. The molecular weight excluding hydrogens is 218 g/mol. The lowest BCUT2D eigenvalue weighted by Gasteiger charge is -2.15. The number of thioether (sulfide) groups is 1. The minimum absolute atomic E-state index is 0.137. The Hall–Kier alpha value is -0.750. The maximum Gasteiger partial charge on any atom is 0.317 e. The lowest BCUT2D eigenvalue weighted by molar-refractivity contribution is -0.142. The number of carboxylic acid groups (broad SMARTS) is 2. The van der Waals surface area contributed by atoms with Gasteiger partial charge in [0.05, 0.1) is 6.42 Å². The van der Waals surface area contributed by atoms with Gasteiger partial charge in [-0.05, 0) is 20.0 Å². The summed E-state index contributed by atoms with van der Waals surface area (Å²) in [5.74, 6) is -2.13. The van der Waals surface area contributed by atoms with Crippen LogP contribution in [0.2, 0.25) is 0 Å². The SMILES string of the molecule is CNCCC(C)SC(CC(=O)O)C(=O)O. The molecule has 0 heterocycles. The van der Waals surface area contributed by atoms with Crippen molar-refractivity contribution in [1.82, 2.24) is 5.32 Å². The number of hydrogen-bond donors (Lipinski definition) is 3. The average molecular weight is 235 g/mol. The van der Waals surface area contributed by atoms with Crippen LogP contribution in [0.25, 0.3) is 0 Å². The largest absolute Gasteiger partial charge is 0.481 e. The highest BCUT2D eigenvalue weighted by molar-refractivity contribution is 8.01. The number of aliphatic carboxylic acids is 2. The van der Waals surface area contributed by atoms with E-state index in [4.69, 9.17) is 10.2 Å². The Morgan fingerprint density at radius 2 is 2.00 bits per heavy atom. The van der Waals surface area contributed by atoms with Gasteiger partial charge in [-0.2, -0.15) is 0 Å². The molecule has 0 spiro atoms. The molecule has 0 rings (SSSR count). The zero-order chi connectivity index (χ0) is 11.8. The van der Waals surface area contributed by atoms with Crippen molar-refractivity contribution >= 4 is 23.7 Å². The molecule has 15 heavy (non-hydrogen) atoms. The Morgan fingerprint density at radius 3 is 2.40 bits per heavy atom. The summed E-state index contributed by atoms with van der Waals surface area (Å²) in [5, 5.41) is 19.6. The standard InChI is InChI=1S/C9H17NO4S/c1-6(3-4-10-2)15-7(9(13)14)5-8(11)12/h6-7,10H,3-5H2,1-2H3,(H,11,12)(H,13,14). The predicted octanol–water partition coefficient (Wildman–Crippen LogP) is 0.645. The topological polar surface area (TPSA) is 86.6 Å². The third-order valence-electron chi connectivity index (χ3n) is 1.83. The normalized spacial score (nSPS) is 14.5. The van der Waals surface area contributed by atoms with Crippen LogP contribution in [0, 0.1) is 0 Å². The molecule has 0 saturated heterocycles. The first-order valence-corrected chi connectivity index (χ1v) is 5.66. The first-order valence-electron chi connectivity index (χ1n) is 4.72. The molecule has 88 valence electrons. The monoisotopic (exact) mass is 235 g/mol. The van der Waals surface area contributed by atoms with Gasteiger partial charge in [-0.3, -0.25) is 9.59 Å². The molecule has 0 aromatic rings. The van der Waals surface area contributed by atoms with Crippen LogP contribution in [0.15, 0.2) is 0 Å². The number of carbonyl (C=O) groups is 2. The van der Waals surface area contributed by atoms with Gasteiger partial charge in [-0.15, -0.1) is 11.8 Å². The number of nitrogens with one attached hydrogen (secondary N) is 1. The molecule has 2 unspecified atom stereocenters. The molecule has 0 fully saturated rings. The second-order valence-corrected chi connectivity index (χ2v) is 4.91. The van der Waals surface area contributed by atoms with Crippen LogP contribution < -0.4 is 5.32 Å². The van der Waals surface area contributed by atoms with E-state index in [1.54, 1.807) is 0 Å². The highest BCUT2D eigenvalue weighted by atomic mass is 32.2. The Balaban J connectivity index is 4.04. The second-order valence-electron chi connectivity index (χ2n) is 3.26. The first-order chi connectivity index (χ1) is 6.97. The van der Waals surface area contributed by atoms with E-state index in [1.165, 1.54) is 11.8 Å². The number of carboxylic acids is 2. The predicted molar refractivity (Wildman–Crippen MR) is 59.3 cm³/mol. The minimum Gasteiger partial charge on any atom is -0.481 e. The first kappa shape index (κ1) is 14.2. The van der Waals surface area contributed by atoms with Gasteiger partial charge in [0.1, 0.15) is 5.25 Å². The van der Waals surface area contributed by atoms with Gasteiger partial charge in [-0.1, -0.05) is 6.92 Å². The van der Waals surface area contributed by atoms with E-state index in [9.17, 15) is 9.59 Å². The van der Waals surface area contributed by atoms with Crippen molar-refractivity contribution in [3.63, 3.8) is 0 Å². The summed E-state index contributed by atoms with van der Waals surface area (Å²) in [6, 6.07) is 0. The van der Waals surface area contributed by atoms with Crippen LogP contribution in [0.5, 0.6) is 0 Å². The summed E-state index contributed by atoms with van der Waals surface area (Å²) in [6.45, 7) is 2.70. The van der Waals surface area contributed by atoms with Gasteiger partial charge in [0.2, 0.25) is 0 Å². The Kier molecular flexibility index (Phi) is 7.15. The molecule has 2 atom stereocenters. The number of rotatable bonds is 8. The highest BCUT2D eigenvalue weighted by Gasteiger charge is 2.23. The van der Waals surface area contributed by atoms with Crippen LogP contribution in [-0.2, 0) is 9.59 Å². The summed E-state index contributed by atoms with van der Waals surface area (Å²) >= 11 is 1.20. The summed E-state index contributed by atoms with van der Waals surface area (Å²) in [7, 11) is 1.82. The Bertz CT molecular complexity index is 222. The van der Waals surface area contributed by atoms with Gasteiger partial charge in [0.15, 0.2) is 0 Å². The lowest BCUT2D eigenvalue weighted by atomic mass is 10.3. The van der Waals surface area contributed by atoms with Crippen molar-refractivity contribution in [3.05, 3.63) is 0 Å². The van der Waals surface area contributed by atoms with Crippen LogP contribution >= 0.6 is 11.8 Å². The van der Waals surface area contributed by atoms with E-state index in [0.29, 0.717) is 0 Å². The third-order valence-corrected chi connectivity index (χ3v) is 3.23. The molecule has 6 heteroatoms. The van der Waals surface area contributed by atoms with E-state index in [2.05, 4.69) is 5.32 Å². The van der Waals surface area contributed by atoms with Crippen LogP contribution in [0.1, 0.15) is 19.8 Å². The van der Waals surface area contributed by atoms with Crippen molar-refractivity contribution in [1.29, 1.82) is 0 Å². The van der Waals surface area contributed by atoms with E-state index >= 15 is 0 Å². The van der Waals surface area contributed by atoms with Crippen molar-refractivity contribution < 1.29 is 19.8 Å². The highest BCUT2D eigenvalue weighted by Crippen LogP contribution is 2.22. The third kappa shape index (κ3) is 7.21. The average Bonchev–Trinajstić information content (AvgIpc) is 2.12. The maximum absolute atomic E-state index is 10.7. The van der Waals surface area contributed by atoms with Gasteiger partial charge >= 0.3 is 11.9 Å². The van der Waals surface area contributed by atoms with Gasteiger partial charge in [0.25, 0.3) is 0 Å². The van der Waals surface area contributed by atoms with Crippen molar-refractivity contribution in [2.75, 3.05) is 13.6 Å². The van der Waals surface area contributed by atoms with Gasteiger partial charge in [0, 0.05) is 5.25 Å². The molecule has 0 aliphatic carbocycles. The van der Waals surface area contributed by atoms with Gasteiger partial charge in [-0.25, -0.2) is 0 Å². The molecule has 5 nitrogen and oxygen atoms in total. The summed E-state index contributed by atoms with van der Waals surface area (Å²) in [6.07, 6.45) is 0.495. The summed E-state index contributed by atoms with van der Waals surface area (Å²) in [5.41, 5.74) is 0. The van der Waals surface area contributed by atoms with Crippen LogP contribution in [0.4, 0.5) is 0 Å². The van der Waals surface area contributed by atoms with E-state index in [1.807, 2.05) is 14.0 Å². The maximum atomic E-state index is 10.7. The summed E-state index contributed by atoms with van der Waals surface area (Å²) in [4.78, 5) is 21.2. The molecule has 0 aromatic carbocycles. The fourth-order valence-corrected chi connectivity index (χ4v) is 2.22. The van der Waals surface area contributed by atoms with Crippen LogP contribution in [-0.4, -0.2) is 46.2 Å². The van der Waals surface area contributed by atoms with Crippen molar-refractivity contribution in [3.8, 4) is 0 Å². The second kappa shape index (κ2) is 7.53. The quantitative estimate of drug-likeness (QED) is 0.572. The van der Waals surface area contributed by atoms with E-state index in [0.717, 1.165) is 13.0 Å². The molecule has 0 saturated carbocycles. The zero-order valence-corrected chi connectivity index (χ0v) is 9.71. The van der Waals surface area contributed by atoms with Gasteiger partial charge < -0.3 is 15.5 Å². The van der Waals surface area contributed by atoms with E-state index < -0.39 is 17.2 Å². The van der Waals surface area contributed by atoms with Crippen LogP contribution in [0.3, 0.4) is 0 Å². The lowest BCUT2D eigenvalue weighted by Crippen LogP contribution is -2.24. The number of hydrogen-bond acceptors (Lipinski definition) is 4. The summed E-state index contributed by atoms with van der Waals surface area (Å²) < 4.78 is 0.